The number of rotatable bonds is 3. The molecule has 4 heteroatoms. The van der Waals surface area contributed by atoms with Gasteiger partial charge >= 0.3 is 0 Å². The van der Waals surface area contributed by atoms with Crippen molar-refractivity contribution in [2.75, 3.05) is 0 Å². The number of hydrogen-bond donors (Lipinski definition) is 2. The van der Waals surface area contributed by atoms with Crippen LogP contribution < -0.4 is 5.73 Å². The molecule has 2 atom stereocenters. The van der Waals surface area contributed by atoms with Gasteiger partial charge in [0.15, 0.2) is 0 Å². The summed E-state index contributed by atoms with van der Waals surface area (Å²) in [6.07, 6.45) is 1.82. The first-order valence-electron chi connectivity index (χ1n) is 5.29. The van der Waals surface area contributed by atoms with Gasteiger partial charge in [0.2, 0.25) is 0 Å². The lowest BCUT2D eigenvalue weighted by Crippen LogP contribution is -2.28. The number of aryl methyl sites for hydroxylation is 1. The highest BCUT2D eigenvalue weighted by Gasteiger charge is 2.34. The molecule has 2 rings (SSSR count). The number of hydrogen-bond acceptors (Lipinski definition) is 2. The fraction of sp³-hybridized carbons (Fsp3) is 0.500. The Morgan fingerprint density at radius 2 is 2.06 bits per heavy atom. The fourth-order valence-electron chi connectivity index (χ4n) is 1.82. The second kappa shape index (κ2) is 5.50. The van der Waals surface area contributed by atoms with Crippen LogP contribution in [0.5, 0.6) is 0 Å². The van der Waals surface area contributed by atoms with Crippen molar-refractivity contribution in [3.8, 4) is 0 Å². The lowest BCUT2D eigenvalue weighted by Gasteiger charge is -2.20. The topological polar surface area (TPSA) is 46.2 Å². The molecule has 0 amide bonds. The van der Waals surface area contributed by atoms with Crippen molar-refractivity contribution in [2.24, 2.45) is 11.7 Å². The van der Waals surface area contributed by atoms with Crippen LogP contribution in [-0.4, -0.2) is 11.2 Å². The number of benzene rings is 1. The molecular formula is C12H17BrClNO. The Morgan fingerprint density at radius 1 is 1.44 bits per heavy atom. The fourth-order valence-corrected chi connectivity index (χ4v) is 2.58. The van der Waals surface area contributed by atoms with Crippen molar-refractivity contribution in [2.45, 2.75) is 31.9 Å². The van der Waals surface area contributed by atoms with Crippen LogP contribution in [0.4, 0.5) is 0 Å². The van der Waals surface area contributed by atoms with E-state index >= 15 is 0 Å². The molecule has 1 saturated carbocycles. The van der Waals surface area contributed by atoms with Gasteiger partial charge in [0, 0.05) is 4.47 Å². The van der Waals surface area contributed by atoms with Crippen molar-refractivity contribution in [3.63, 3.8) is 0 Å². The molecule has 1 aliphatic carbocycles. The molecule has 16 heavy (non-hydrogen) atoms. The summed E-state index contributed by atoms with van der Waals surface area (Å²) in [4.78, 5) is 0. The Hall–Kier alpha value is -0.0900. The van der Waals surface area contributed by atoms with Crippen molar-refractivity contribution < 1.29 is 5.11 Å². The smallest absolute Gasteiger partial charge is 0.0761 e. The van der Waals surface area contributed by atoms with Crippen LogP contribution in [0, 0.1) is 12.8 Å². The summed E-state index contributed by atoms with van der Waals surface area (Å²) in [5, 5.41) is 9.96. The third-order valence-corrected chi connectivity index (χ3v) is 3.67. The van der Waals surface area contributed by atoms with Gasteiger partial charge in [-0.25, -0.2) is 0 Å². The molecule has 2 nitrogen and oxygen atoms in total. The van der Waals surface area contributed by atoms with Crippen LogP contribution >= 0.6 is 28.3 Å². The lowest BCUT2D eigenvalue weighted by atomic mass is 9.98. The normalized spacial score (nSPS) is 18.8. The van der Waals surface area contributed by atoms with Crippen LogP contribution in [-0.2, 0) is 0 Å². The Bertz CT molecular complexity index is 368. The van der Waals surface area contributed by atoms with Gasteiger partial charge in [-0.05, 0) is 42.9 Å². The number of halogens is 2. The predicted molar refractivity (Wildman–Crippen MR) is 71.8 cm³/mol. The molecule has 0 aliphatic heterocycles. The highest BCUT2D eigenvalue weighted by Crippen LogP contribution is 2.38. The van der Waals surface area contributed by atoms with Gasteiger partial charge in [0.25, 0.3) is 0 Å². The van der Waals surface area contributed by atoms with Crippen molar-refractivity contribution >= 4 is 28.3 Å². The maximum atomic E-state index is 9.96. The summed E-state index contributed by atoms with van der Waals surface area (Å²) in [7, 11) is 0. The first kappa shape index (κ1) is 14.0. The zero-order chi connectivity index (χ0) is 11.0. The quantitative estimate of drug-likeness (QED) is 0.902. The Morgan fingerprint density at radius 3 is 2.56 bits per heavy atom. The molecule has 0 spiro atoms. The minimum absolute atomic E-state index is 0. The Labute approximate surface area is 111 Å². The van der Waals surface area contributed by atoms with Crippen LogP contribution in [0.2, 0.25) is 0 Å². The third-order valence-electron chi connectivity index (χ3n) is 2.99. The summed E-state index contributed by atoms with van der Waals surface area (Å²) in [5.74, 6) is 0.410. The summed E-state index contributed by atoms with van der Waals surface area (Å²) < 4.78 is 0.995. The van der Waals surface area contributed by atoms with Gasteiger partial charge in [-0.3, -0.25) is 0 Å². The Kier molecular flexibility index (Phi) is 4.80. The Balaban J connectivity index is 0.00000128. The molecule has 1 fully saturated rings. The van der Waals surface area contributed by atoms with E-state index in [2.05, 4.69) is 15.9 Å². The third kappa shape index (κ3) is 2.98. The van der Waals surface area contributed by atoms with E-state index in [-0.39, 0.29) is 18.4 Å². The average Bonchev–Trinajstić information content (AvgIpc) is 2.99. The van der Waals surface area contributed by atoms with Gasteiger partial charge in [-0.15, -0.1) is 12.4 Å². The van der Waals surface area contributed by atoms with Crippen molar-refractivity contribution in [3.05, 3.63) is 33.8 Å². The largest absolute Gasteiger partial charge is 0.391 e. The summed E-state index contributed by atoms with van der Waals surface area (Å²) >= 11 is 3.49. The maximum absolute atomic E-state index is 9.96. The van der Waals surface area contributed by atoms with E-state index in [1.807, 2.05) is 25.1 Å². The van der Waals surface area contributed by atoms with Gasteiger partial charge < -0.3 is 10.8 Å². The zero-order valence-electron chi connectivity index (χ0n) is 9.19. The lowest BCUT2D eigenvalue weighted by molar-refractivity contribution is 0.122. The van der Waals surface area contributed by atoms with Gasteiger partial charge in [-0.1, -0.05) is 28.1 Å². The number of nitrogens with two attached hydrogens (primary N) is 1. The minimum atomic E-state index is -0.399. The van der Waals surface area contributed by atoms with Gasteiger partial charge in [0.05, 0.1) is 12.1 Å². The molecule has 90 valence electrons. The van der Waals surface area contributed by atoms with Crippen molar-refractivity contribution in [1.29, 1.82) is 0 Å². The molecule has 0 heterocycles. The van der Waals surface area contributed by atoms with E-state index in [0.717, 1.165) is 22.9 Å². The second-order valence-electron chi connectivity index (χ2n) is 4.38. The van der Waals surface area contributed by atoms with Gasteiger partial charge in [0.1, 0.15) is 0 Å². The molecule has 1 aliphatic rings. The van der Waals surface area contributed by atoms with E-state index in [9.17, 15) is 5.11 Å². The van der Waals surface area contributed by atoms with Crippen molar-refractivity contribution in [1.82, 2.24) is 0 Å². The monoisotopic (exact) mass is 305 g/mol. The molecule has 0 bridgehead atoms. The van der Waals surface area contributed by atoms with Crippen LogP contribution in [0.3, 0.4) is 0 Å². The first-order valence-corrected chi connectivity index (χ1v) is 6.08. The molecule has 1 aromatic rings. The SMILES string of the molecule is Cc1ccc([C@H](N)[C@H](O)C2CC2)c(Br)c1.Cl. The second-order valence-corrected chi connectivity index (χ2v) is 5.23. The maximum Gasteiger partial charge on any atom is 0.0761 e. The molecule has 0 unspecified atom stereocenters. The van der Waals surface area contributed by atoms with E-state index in [4.69, 9.17) is 5.73 Å². The van der Waals surface area contributed by atoms with E-state index in [1.165, 1.54) is 5.56 Å². The minimum Gasteiger partial charge on any atom is -0.391 e. The van der Waals surface area contributed by atoms with Crippen LogP contribution in [0.1, 0.15) is 30.0 Å². The number of aliphatic hydroxyl groups is 1. The summed E-state index contributed by atoms with van der Waals surface area (Å²) in [6.45, 7) is 2.04. The highest BCUT2D eigenvalue weighted by atomic mass is 79.9. The average molecular weight is 307 g/mol. The molecule has 3 N–H and O–H groups in total. The zero-order valence-corrected chi connectivity index (χ0v) is 11.6. The van der Waals surface area contributed by atoms with Crippen LogP contribution in [0.25, 0.3) is 0 Å². The standard InChI is InChI=1S/C12H16BrNO.ClH/c1-7-2-5-9(10(13)6-7)11(14)12(15)8-3-4-8;/h2,5-6,8,11-12,15H,3-4,14H2,1H3;1H/t11-,12+;/m0./s1. The molecule has 0 radical (unpaired) electrons. The van der Waals surface area contributed by atoms with Gasteiger partial charge in [-0.2, -0.15) is 0 Å². The molecule has 0 aromatic heterocycles. The predicted octanol–water partition coefficient (Wildman–Crippen LogP) is 2.95. The van der Waals surface area contributed by atoms with E-state index < -0.39 is 6.10 Å². The summed E-state index contributed by atoms with van der Waals surface area (Å²) in [6, 6.07) is 5.79. The first-order chi connectivity index (χ1) is 7.09. The number of aliphatic hydroxyl groups excluding tert-OH is 1. The molecule has 1 aromatic carbocycles. The highest BCUT2D eigenvalue weighted by molar-refractivity contribution is 9.10. The van der Waals surface area contributed by atoms with Crippen LogP contribution in [0.15, 0.2) is 22.7 Å². The summed E-state index contributed by atoms with van der Waals surface area (Å²) in [5.41, 5.74) is 8.24. The van der Waals surface area contributed by atoms with E-state index in [0.29, 0.717) is 5.92 Å². The molecular weight excluding hydrogens is 289 g/mol. The van der Waals surface area contributed by atoms with E-state index in [1.54, 1.807) is 0 Å². The molecule has 0 saturated heterocycles.